The van der Waals surface area contributed by atoms with E-state index in [4.69, 9.17) is 26.6 Å². The summed E-state index contributed by atoms with van der Waals surface area (Å²) in [6.07, 6.45) is 1.69. The predicted molar refractivity (Wildman–Crippen MR) is 72.0 cm³/mol. The van der Waals surface area contributed by atoms with E-state index in [1.807, 2.05) is 13.8 Å². The maximum absolute atomic E-state index is 6.18. The molecule has 0 radical (unpaired) electrons. The lowest BCUT2D eigenvalue weighted by molar-refractivity contribution is 0.194. The number of nitrogens with zero attached hydrogens (tertiary/aromatic N) is 1. The highest BCUT2D eigenvalue weighted by Gasteiger charge is 2.22. The molecule has 4 nitrogen and oxygen atoms in total. The Kier molecular flexibility index (Phi) is 3.78. The van der Waals surface area contributed by atoms with Gasteiger partial charge in [-0.1, -0.05) is 25.4 Å². The Labute approximate surface area is 111 Å². The van der Waals surface area contributed by atoms with Crippen molar-refractivity contribution >= 4 is 22.6 Å². The third-order valence-electron chi connectivity index (χ3n) is 3.30. The SMILES string of the molecule is CCC(N)(CC)COc1noc2ccc(Cl)cc12. The first-order valence-electron chi connectivity index (χ1n) is 6.04. The molecular formula is C13H17ClN2O2. The lowest BCUT2D eigenvalue weighted by atomic mass is 9.96. The highest BCUT2D eigenvalue weighted by Crippen LogP contribution is 2.28. The van der Waals surface area contributed by atoms with E-state index in [-0.39, 0.29) is 5.54 Å². The Morgan fingerprint density at radius 1 is 1.39 bits per heavy atom. The zero-order chi connectivity index (χ0) is 13.2. The zero-order valence-corrected chi connectivity index (χ0v) is 11.3. The zero-order valence-electron chi connectivity index (χ0n) is 10.6. The first-order valence-corrected chi connectivity index (χ1v) is 6.42. The van der Waals surface area contributed by atoms with Crippen molar-refractivity contribution in [1.29, 1.82) is 0 Å². The summed E-state index contributed by atoms with van der Waals surface area (Å²) in [5.74, 6) is 0.448. The van der Waals surface area contributed by atoms with Crippen LogP contribution in [-0.2, 0) is 0 Å². The molecule has 18 heavy (non-hydrogen) atoms. The molecule has 0 atom stereocenters. The van der Waals surface area contributed by atoms with Gasteiger partial charge in [-0.2, -0.15) is 0 Å². The van der Waals surface area contributed by atoms with E-state index in [1.54, 1.807) is 18.2 Å². The molecule has 0 aliphatic heterocycles. The van der Waals surface area contributed by atoms with E-state index in [2.05, 4.69) is 5.16 Å². The molecule has 0 aliphatic carbocycles. The molecule has 0 spiro atoms. The Hall–Kier alpha value is -1.26. The molecule has 2 aromatic rings. The Morgan fingerprint density at radius 3 is 2.78 bits per heavy atom. The molecule has 0 saturated carbocycles. The third kappa shape index (κ3) is 2.60. The fourth-order valence-electron chi connectivity index (χ4n) is 1.66. The number of benzene rings is 1. The van der Waals surface area contributed by atoms with Crippen LogP contribution in [0.4, 0.5) is 0 Å². The van der Waals surface area contributed by atoms with Crippen LogP contribution in [0.25, 0.3) is 11.0 Å². The summed E-state index contributed by atoms with van der Waals surface area (Å²) in [4.78, 5) is 0. The molecule has 0 aliphatic rings. The van der Waals surface area contributed by atoms with E-state index in [0.29, 0.717) is 23.1 Å². The number of nitrogens with two attached hydrogens (primary N) is 1. The number of hydrogen-bond donors (Lipinski definition) is 1. The van der Waals surface area contributed by atoms with Crippen molar-refractivity contribution in [3.63, 3.8) is 0 Å². The van der Waals surface area contributed by atoms with Gasteiger partial charge < -0.3 is 15.0 Å². The molecule has 0 fully saturated rings. The van der Waals surface area contributed by atoms with Crippen molar-refractivity contribution in [2.24, 2.45) is 5.73 Å². The van der Waals surface area contributed by atoms with Gasteiger partial charge in [-0.05, 0) is 36.2 Å². The number of halogens is 1. The lowest BCUT2D eigenvalue weighted by Gasteiger charge is -2.25. The Morgan fingerprint density at radius 2 is 2.11 bits per heavy atom. The van der Waals surface area contributed by atoms with Crippen LogP contribution in [0.15, 0.2) is 22.7 Å². The summed E-state index contributed by atoms with van der Waals surface area (Å²) in [5.41, 5.74) is 6.51. The van der Waals surface area contributed by atoms with Crippen molar-refractivity contribution in [2.75, 3.05) is 6.61 Å². The number of hydrogen-bond acceptors (Lipinski definition) is 4. The molecule has 1 heterocycles. The van der Waals surface area contributed by atoms with Crippen LogP contribution in [-0.4, -0.2) is 17.3 Å². The molecule has 0 saturated heterocycles. The Balaban J connectivity index is 2.19. The second-order valence-electron chi connectivity index (χ2n) is 4.49. The summed E-state index contributed by atoms with van der Waals surface area (Å²) >= 11 is 5.94. The summed E-state index contributed by atoms with van der Waals surface area (Å²) in [7, 11) is 0. The van der Waals surface area contributed by atoms with Gasteiger partial charge >= 0.3 is 0 Å². The number of aromatic nitrogens is 1. The standard InChI is InChI=1S/C13H17ClN2O2/c1-3-13(15,4-2)8-17-12-10-7-9(14)5-6-11(10)18-16-12/h5-7H,3-4,8,15H2,1-2H3. The molecule has 98 valence electrons. The molecule has 2 rings (SSSR count). The second-order valence-corrected chi connectivity index (χ2v) is 4.92. The minimum absolute atomic E-state index is 0.330. The van der Waals surface area contributed by atoms with Gasteiger partial charge in [-0.15, -0.1) is 0 Å². The van der Waals surface area contributed by atoms with Crippen LogP contribution >= 0.6 is 11.6 Å². The maximum atomic E-state index is 6.18. The van der Waals surface area contributed by atoms with Gasteiger partial charge in [-0.25, -0.2) is 0 Å². The molecule has 0 amide bonds. The van der Waals surface area contributed by atoms with Gasteiger partial charge in [0.25, 0.3) is 5.88 Å². The third-order valence-corrected chi connectivity index (χ3v) is 3.54. The summed E-state index contributed by atoms with van der Waals surface area (Å²) in [5, 5.41) is 5.30. The molecule has 5 heteroatoms. The quantitative estimate of drug-likeness (QED) is 0.903. The van der Waals surface area contributed by atoms with Crippen molar-refractivity contribution in [3.05, 3.63) is 23.2 Å². The largest absolute Gasteiger partial charge is 0.473 e. The molecule has 1 aromatic heterocycles. The van der Waals surface area contributed by atoms with Gasteiger partial charge in [0, 0.05) is 10.6 Å². The van der Waals surface area contributed by atoms with E-state index >= 15 is 0 Å². The fraction of sp³-hybridized carbons (Fsp3) is 0.462. The highest BCUT2D eigenvalue weighted by atomic mass is 35.5. The molecular weight excluding hydrogens is 252 g/mol. The van der Waals surface area contributed by atoms with Crippen molar-refractivity contribution < 1.29 is 9.26 Å². The van der Waals surface area contributed by atoms with Crippen LogP contribution in [0.1, 0.15) is 26.7 Å². The highest BCUT2D eigenvalue weighted by molar-refractivity contribution is 6.31. The van der Waals surface area contributed by atoms with E-state index in [0.717, 1.165) is 18.2 Å². The normalized spacial score (nSPS) is 12.0. The summed E-state index contributed by atoms with van der Waals surface area (Å²) in [6.45, 7) is 4.50. The number of fused-ring (bicyclic) bond motifs is 1. The minimum Gasteiger partial charge on any atom is -0.473 e. The van der Waals surface area contributed by atoms with Crippen molar-refractivity contribution in [3.8, 4) is 5.88 Å². The van der Waals surface area contributed by atoms with Crippen LogP contribution in [0.3, 0.4) is 0 Å². The number of rotatable bonds is 5. The maximum Gasteiger partial charge on any atom is 0.262 e. The van der Waals surface area contributed by atoms with Gasteiger partial charge in [0.1, 0.15) is 6.61 Å². The van der Waals surface area contributed by atoms with Crippen LogP contribution in [0.2, 0.25) is 5.02 Å². The van der Waals surface area contributed by atoms with Gasteiger partial charge in [0.05, 0.1) is 5.39 Å². The monoisotopic (exact) mass is 268 g/mol. The topological polar surface area (TPSA) is 61.3 Å². The fourth-order valence-corrected chi connectivity index (χ4v) is 1.83. The average Bonchev–Trinajstić information content (AvgIpc) is 2.78. The summed E-state index contributed by atoms with van der Waals surface area (Å²) < 4.78 is 10.8. The first-order chi connectivity index (χ1) is 8.58. The Bertz CT molecular complexity index is 535. The molecule has 1 aromatic carbocycles. The molecule has 0 unspecified atom stereocenters. The summed E-state index contributed by atoms with van der Waals surface area (Å²) in [6, 6.07) is 5.30. The lowest BCUT2D eigenvalue weighted by Crippen LogP contribution is -2.44. The van der Waals surface area contributed by atoms with Crippen LogP contribution in [0, 0.1) is 0 Å². The van der Waals surface area contributed by atoms with Crippen molar-refractivity contribution in [2.45, 2.75) is 32.2 Å². The molecule has 2 N–H and O–H groups in total. The van der Waals surface area contributed by atoms with Crippen LogP contribution < -0.4 is 10.5 Å². The van der Waals surface area contributed by atoms with E-state index in [9.17, 15) is 0 Å². The molecule has 0 bridgehead atoms. The second kappa shape index (κ2) is 5.16. The smallest absolute Gasteiger partial charge is 0.262 e. The van der Waals surface area contributed by atoms with E-state index in [1.165, 1.54) is 0 Å². The van der Waals surface area contributed by atoms with Gasteiger partial charge in [0.15, 0.2) is 5.58 Å². The number of ether oxygens (including phenoxy) is 1. The van der Waals surface area contributed by atoms with Crippen LogP contribution in [0.5, 0.6) is 5.88 Å². The minimum atomic E-state index is -0.330. The first kappa shape index (κ1) is 13.2. The van der Waals surface area contributed by atoms with E-state index < -0.39 is 0 Å². The van der Waals surface area contributed by atoms with Gasteiger partial charge in [-0.3, -0.25) is 0 Å². The van der Waals surface area contributed by atoms with Crippen molar-refractivity contribution in [1.82, 2.24) is 5.16 Å². The predicted octanol–water partition coefficient (Wildman–Crippen LogP) is 3.38. The van der Waals surface area contributed by atoms with Gasteiger partial charge in [0.2, 0.25) is 0 Å². The average molecular weight is 269 g/mol.